The van der Waals surface area contributed by atoms with E-state index in [0.29, 0.717) is 26.6 Å². The predicted molar refractivity (Wildman–Crippen MR) is 108 cm³/mol. The number of carbonyl (C=O) groups is 1. The lowest BCUT2D eigenvalue weighted by atomic mass is 10.1. The second-order valence-corrected chi connectivity index (χ2v) is 7.51. The van der Waals surface area contributed by atoms with Crippen molar-refractivity contribution >= 4 is 40.7 Å². The maximum absolute atomic E-state index is 12.5. The van der Waals surface area contributed by atoms with Gasteiger partial charge in [-0.25, -0.2) is 0 Å². The summed E-state index contributed by atoms with van der Waals surface area (Å²) in [6, 6.07) is 6.10. The minimum absolute atomic E-state index is 0.0611. The van der Waals surface area contributed by atoms with Crippen molar-refractivity contribution in [3.8, 4) is 5.75 Å². The third-order valence-electron chi connectivity index (χ3n) is 4.29. The van der Waals surface area contributed by atoms with Gasteiger partial charge in [0.15, 0.2) is 11.5 Å². The Hall–Kier alpha value is -2.15. The van der Waals surface area contributed by atoms with Crippen LogP contribution in [0.25, 0.3) is 0 Å². The Morgan fingerprint density at radius 1 is 1.29 bits per heavy atom. The molecule has 3 aromatic rings. The predicted octanol–water partition coefficient (Wildman–Crippen LogP) is 5.35. The van der Waals surface area contributed by atoms with E-state index in [0.717, 1.165) is 11.3 Å². The molecule has 0 saturated heterocycles. The van der Waals surface area contributed by atoms with Gasteiger partial charge < -0.3 is 14.5 Å². The van der Waals surface area contributed by atoms with Crippen molar-refractivity contribution in [1.29, 1.82) is 0 Å². The van der Waals surface area contributed by atoms with Crippen molar-refractivity contribution in [2.75, 3.05) is 0 Å². The SMILES string of the molecule is Cc1c(C(C)NC(=O)c2ccc(COc3c(Cl)cc(Cl)cc3Cl)o2)cnn1C. The number of furan rings is 1. The molecule has 0 radical (unpaired) electrons. The van der Waals surface area contributed by atoms with Crippen LogP contribution in [0, 0.1) is 6.92 Å². The molecule has 6 nitrogen and oxygen atoms in total. The Morgan fingerprint density at radius 3 is 2.57 bits per heavy atom. The molecule has 1 unspecified atom stereocenters. The largest absolute Gasteiger partial charge is 0.483 e. The number of hydrogen-bond acceptors (Lipinski definition) is 4. The smallest absolute Gasteiger partial charge is 0.287 e. The first kappa shape index (κ1) is 20.6. The van der Waals surface area contributed by atoms with Crippen LogP contribution in [-0.4, -0.2) is 15.7 Å². The van der Waals surface area contributed by atoms with Gasteiger partial charge in [-0.3, -0.25) is 9.48 Å². The molecular formula is C19H18Cl3N3O3. The number of hydrogen-bond donors (Lipinski definition) is 1. The van der Waals surface area contributed by atoms with Gasteiger partial charge in [0.05, 0.1) is 22.3 Å². The summed E-state index contributed by atoms with van der Waals surface area (Å²) in [5, 5.41) is 8.09. The maximum Gasteiger partial charge on any atom is 0.287 e. The first-order chi connectivity index (χ1) is 13.3. The quantitative estimate of drug-likeness (QED) is 0.558. The summed E-state index contributed by atoms with van der Waals surface area (Å²) < 4.78 is 12.9. The number of benzene rings is 1. The zero-order chi connectivity index (χ0) is 20.4. The van der Waals surface area contributed by atoms with Gasteiger partial charge in [-0.05, 0) is 38.1 Å². The molecule has 1 aromatic carbocycles. The van der Waals surface area contributed by atoms with Crippen molar-refractivity contribution in [2.24, 2.45) is 7.05 Å². The average Bonchev–Trinajstić information content (AvgIpc) is 3.21. The van der Waals surface area contributed by atoms with Crippen LogP contribution < -0.4 is 10.1 Å². The molecule has 0 saturated carbocycles. The van der Waals surface area contributed by atoms with Crippen molar-refractivity contribution in [3.05, 3.63) is 68.3 Å². The van der Waals surface area contributed by atoms with E-state index in [-0.39, 0.29) is 24.3 Å². The Kier molecular flexibility index (Phi) is 6.23. The molecule has 2 heterocycles. The lowest BCUT2D eigenvalue weighted by Crippen LogP contribution is -2.26. The minimum atomic E-state index is -0.329. The molecule has 148 valence electrons. The van der Waals surface area contributed by atoms with E-state index < -0.39 is 0 Å². The summed E-state index contributed by atoms with van der Waals surface area (Å²) in [6.45, 7) is 3.89. The molecule has 0 spiro atoms. The number of carbonyl (C=O) groups excluding carboxylic acids is 1. The van der Waals surface area contributed by atoms with Gasteiger partial charge in [-0.15, -0.1) is 0 Å². The summed E-state index contributed by atoms with van der Waals surface area (Å²) in [5.74, 6) is 0.609. The van der Waals surface area contributed by atoms with Gasteiger partial charge in [0.25, 0.3) is 5.91 Å². The van der Waals surface area contributed by atoms with E-state index in [4.69, 9.17) is 44.0 Å². The molecule has 3 rings (SSSR count). The fraction of sp³-hybridized carbons (Fsp3) is 0.263. The van der Waals surface area contributed by atoms with Crippen LogP contribution in [0.2, 0.25) is 15.1 Å². The topological polar surface area (TPSA) is 69.3 Å². The van der Waals surface area contributed by atoms with Gasteiger partial charge >= 0.3 is 0 Å². The fourth-order valence-corrected chi connectivity index (χ4v) is 3.60. The van der Waals surface area contributed by atoms with Gasteiger partial charge in [-0.1, -0.05) is 34.8 Å². The normalized spacial score (nSPS) is 12.1. The van der Waals surface area contributed by atoms with Crippen molar-refractivity contribution in [3.63, 3.8) is 0 Å². The number of ether oxygens (including phenoxy) is 1. The highest BCUT2D eigenvalue weighted by Crippen LogP contribution is 2.36. The van der Waals surface area contributed by atoms with E-state index >= 15 is 0 Å². The third kappa shape index (κ3) is 4.46. The molecule has 1 atom stereocenters. The molecule has 0 aliphatic carbocycles. The highest BCUT2D eigenvalue weighted by molar-refractivity contribution is 6.40. The Labute approximate surface area is 177 Å². The van der Waals surface area contributed by atoms with E-state index in [1.807, 2.05) is 20.9 Å². The molecule has 1 amide bonds. The van der Waals surface area contributed by atoms with Gasteiger partial charge in [0.2, 0.25) is 0 Å². The number of nitrogens with one attached hydrogen (secondary N) is 1. The fourth-order valence-electron chi connectivity index (χ4n) is 2.67. The van der Waals surface area contributed by atoms with Gasteiger partial charge in [0, 0.05) is 23.3 Å². The number of halogens is 3. The van der Waals surface area contributed by atoms with E-state index in [1.165, 1.54) is 12.1 Å². The molecule has 0 aliphatic heterocycles. The molecule has 9 heteroatoms. The van der Waals surface area contributed by atoms with Crippen LogP contribution in [0.1, 0.15) is 40.5 Å². The first-order valence-electron chi connectivity index (χ1n) is 8.41. The van der Waals surface area contributed by atoms with Crippen LogP contribution in [-0.2, 0) is 13.7 Å². The Balaban J connectivity index is 1.64. The van der Waals surface area contributed by atoms with Crippen LogP contribution in [0.4, 0.5) is 0 Å². The Morgan fingerprint density at radius 2 is 1.96 bits per heavy atom. The lowest BCUT2D eigenvalue weighted by Gasteiger charge is -2.12. The highest BCUT2D eigenvalue weighted by atomic mass is 35.5. The van der Waals surface area contributed by atoms with Gasteiger partial charge in [0.1, 0.15) is 12.4 Å². The molecule has 1 N–H and O–H groups in total. The number of aryl methyl sites for hydroxylation is 1. The summed E-state index contributed by atoms with van der Waals surface area (Å²) in [6.07, 6.45) is 1.74. The molecular weight excluding hydrogens is 425 g/mol. The van der Waals surface area contributed by atoms with Crippen LogP contribution in [0.15, 0.2) is 34.9 Å². The van der Waals surface area contributed by atoms with Crippen molar-refractivity contribution in [2.45, 2.75) is 26.5 Å². The standard InChI is InChI=1S/C19H18Cl3N3O3/c1-10(14-8-23-25(3)11(14)2)24-19(26)17-5-4-13(28-17)9-27-18-15(21)6-12(20)7-16(18)22/h4-8,10H,9H2,1-3H3,(H,24,26). The summed E-state index contributed by atoms with van der Waals surface area (Å²) >= 11 is 18.1. The number of amides is 1. The molecule has 0 aliphatic rings. The molecule has 28 heavy (non-hydrogen) atoms. The van der Waals surface area contributed by atoms with Crippen molar-refractivity contribution < 1.29 is 13.9 Å². The highest BCUT2D eigenvalue weighted by Gasteiger charge is 2.18. The maximum atomic E-state index is 12.5. The monoisotopic (exact) mass is 441 g/mol. The summed E-state index contributed by atoms with van der Waals surface area (Å²) in [4.78, 5) is 12.5. The van der Waals surface area contributed by atoms with E-state index in [9.17, 15) is 4.79 Å². The first-order valence-corrected chi connectivity index (χ1v) is 9.55. The van der Waals surface area contributed by atoms with E-state index in [1.54, 1.807) is 23.0 Å². The van der Waals surface area contributed by atoms with Crippen LogP contribution >= 0.6 is 34.8 Å². The number of rotatable bonds is 6. The van der Waals surface area contributed by atoms with E-state index in [2.05, 4.69) is 10.4 Å². The molecule has 0 bridgehead atoms. The average molecular weight is 443 g/mol. The number of nitrogens with zero attached hydrogens (tertiary/aromatic N) is 2. The molecule has 0 fully saturated rings. The zero-order valence-corrected chi connectivity index (χ0v) is 17.7. The Bertz CT molecular complexity index is 990. The molecule has 2 aromatic heterocycles. The third-order valence-corrected chi connectivity index (χ3v) is 5.07. The van der Waals surface area contributed by atoms with Crippen LogP contribution in [0.3, 0.4) is 0 Å². The minimum Gasteiger partial charge on any atom is -0.483 e. The lowest BCUT2D eigenvalue weighted by molar-refractivity contribution is 0.0907. The van der Waals surface area contributed by atoms with Gasteiger partial charge in [-0.2, -0.15) is 5.10 Å². The summed E-state index contributed by atoms with van der Waals surface area (Å²) in [7, 11) is 1.85. The zero-order valence-electron chi connectivity index (χ0n) is 15.4. The van der Waals surface area contributed by atoms with Crippen LogP contribution in [0.5, 0.6) is 5.75 Å². The van der Waals surface area contributed by atoms with Crippen molar-refractivity contribution in [1.82, 2.24) is 15.1 Å². The number of aromatic nitrogens is 2. The second kappa shape index (κ2) is 8.47. The second-order valence-electron chi connectivity index (χ2n) is 6.26. The summed E-state index contributed by atoms with van der Waals surface area (Å²) in [5.41, 5.74) is 1.93.